The number of carbonyl (C=O) groups excluding carboxylic acids is 1. The molecule has 3 heteroatoms. The molecule has 3 N–H and O–H groups in total. The van der Waals surface area contributed by atoms with E-state index in [-0.39, 0.29) is 5.91 Å². The second-order valence-electron chi connectivity index (χ2n) is 5.18. The van der Waals surface area contributed by atoms with E-state index in [2.05, 4.69) is 5.32 Å². The molecule has 0 aliphatic heterocycles. The van der Waals surface area contributed by atoms with Crippen molar-refractivity contribution in [3.8, 4) is 0 Å². The standard InChI is InChI=1S/C17H20N2O/c1-11-4-7-14(8-5-11)10-16(20)19-17-13(3)12(2)6-9-15(17)18/h4-9H,10,18H2,1-3H3,(H,19,20). The normalized spacial score (nSPS) is 10.3. The summed E-state index contributed by atoms with van der Waals surface area (Å²) in [6.07, 6.45) is 0.354. The third kappa shape index (κ3) is 3.18. The van der Waals surface area contributed by atoms with E-state index in [0.29, 0.717) is 12.1 Å². The number of nitrogen functional groups attached to an aromatic ring is 1. The minimum Gasteiger partial charge on any atom is -0.397 e. The zero-order chi connectivity index (χ0) is 14.7. The van der Waals surface area contributed by atoms with Gasteiger partial charge >= 0.3 is 0 Å². The highest BCUT2D eigenvalue weighted by molar-refractivity contribution is 5.96. The van der Waals surface area contributed by atoms with Crippen LogP contribution >= 0.6 is 0 Å². The van der Waals surface area contributed by atoms with Gasteiger partial charge in [0.1, 0.15) is 0 Å². The van der Waals surface area contributed by atoms with Gasteiger partial charge in [0.2, 0.25) is 5.91 Å². The Labute approximate surface area is 119 Å². The first-order chi connectivity index (χ1) is 9.47. The minimum atomic E-state index is -0.0470. The quantitative estimate of drug-likeness (QED) is 0.838. The first-order valence-electron chi connectivity index (χ1n) is 6.68. The summed E-state index contributed by atoms with van der Waals surface area (Å²) in [4.78, 5) is 12.1. The van der Waals surface area contributed by atoms with Gasteiger partial charge in [-0.1, -0.05) is 35.9 Å². The molecule has 2 aromatic carbocycles. The summed E-state index contributed by atoms with van der Waals surface area (Å²) in [6.45, 7) is 6.00. The lowest BCUT2D eigenvalue weighted by Crippen LogP contribution is -2.16. The number of amides is 1. The van der Waals surface area contributed by atoms with E-state index in [1.165, 1.54) is 5.56 Å². The van der Waals surface area contributed by atoms with E-state index < -0.39 is 0 Å². The largest absolute Gasteiger partial charge is 0.397 e. The molecule has 0 aliphatic rings. The second kappa shape index (κ2) is 5.78. The molecule has 0 atom stereocenters. The first-order valence-corrected chi connectivity index (χ1v) is 6.68. The fourth-order valence-corrected chi connectivity index (χ4v) is 2.08. The van der Waals surface area contributed by atoms with E-state index in [1.54, 1.807) is 0 Å². The van der Waals surface area contributed by atoms with Gasteiger partial charge in [0.05, 0.1) is 17.8 Å². The lowest BCUT2D eigenvalue weighted by Gasteiger charge is -2.13. The van der Waals surface area contributed by atoms with Gasteiger partial charge < -0.3 is 11.1 Å². The van der Waals surface area contributed by atoms with E-state index in [1.807, 2.05) is 57.2 Å². The highest BCUT2D eigenvalue weighted by Gasteiger charge is 2.10. The fourth-order valence-electron chi connectivity index (χ4n) is 2.08. The molecule has 0 spiro atoms. The number of anilines is 2. The number of nitrogens with two attached hydrogens (primary N) is 1. The van der Waals surface area contributed by atoms with Crippen molar-refractivity contribution >= 4 is 17.3 Å². The predicted molar refractivity (Wildman–Crippen MR) is 83.8 cm³/mol. The SMILES string of the molecule is Cc1ccc(CC(=O)Nc2c(N)ccc(C)c2C)cc1. The van der Waals surface area contributed by atoms with Crippen LogP contribution in [0.5, 0.6) is 0 Å². The van der Waals surface area contributed by atoms with Crippen LogP contribution < -0.4 is 11.1 Å². The Balaban J connectivity index is 2.12. The van der Waals surface area contributed by atoms with Gasteiger partial charge in [0.25, 0.3) is 0 Å². The maximum absolute atomic E-state index is 12.1. The van der Waals surface area contributed by atoms with Crippen molar-refractivity contribution in [2.24, 2.45) is 0 Å². The Kier molecular flexibility index (Phi) is 4.08. The summed E-state index contributed by atoms with van der Waals surface area (Å²) in [5, 5.41) is 2.92. The van der Waals surface area contributed by atoms with Crippen LogP contribution in [0, 0.1) is 20.8 Å². The number of nitrogens with one attached hydrogen (secondary N) is 1. The van der Waals surface area contributed by atoms with Crippen molar-refractivity contribution in [2.45, 2.75) is 27.2 Å². The molecule has 1 amide bonds. The Bertz CT molecular complexity index is 630. The van der Waals surface area contributed by atoms with Crippen LogP contribution in [0.1, 0.15) is 22.3 Å². The maximum Gasteiger partial charge on any atom is 0.228 e. The number of rotatable bonds is 3. The van der Waals surface area contributed by atoms with Crippen LogP contribution in [0.25, 0.3) is 0 Å². The van der Waals surface area contributed by atoms with Crippen LogP contribution in [0.4, 0.5) is 11.4 Å². The lowest BCUT2D eigenvalue weighted by atomic mass is 10.1. The topological polar surface area (TPSA) is 55.1 Å². The highest BCUT2D eigenvalue weighted by Crippen LogP contribution is 2.25. The summed E-state index contributed by atoms with van der Waals surface area (Å²) in [5.74, 6) is -0.0470. The zero-order valence-electron chi connectivity index (χ0n) is 12.2. The van der Waals surface area contributed by atoms with Crippen molar-refractivity contribution in [1.82, 2.24) is 0 Å². The van der Waals surface area contributed by atoms with Gasteiger partial charge in [-0.25, -0.2) is 0 Å². The van der Waals surface area contributed by atoms with Crippen molar-refractivity contribution in [3.63, 3.8) is 0 Å². The van der Waals surface area contributed by atoms with Crippen LogP contribution in [0.3, 0.4) is 0 Å². The van der Waals surface area contributed by atoms with E-state index in [4.69, 9.17) is 5.73 Å². The molecule has 0 saturated heterocycles. The summed E-state index contributed by atoms with van der Waals surface area (Å²) < 4.78 is 0. The molecule has 2 rings (SSSR count). The number of carbonyl (C=O) groups is 1. The molecule has 0 heterocycles. The summed E-state index contributed by atoms with van der Waals surface area (Å²) in [5.41, 5.74) is 11.6. The van der Waals surface area contributed by atoms with Crippen molar-refractivity contribution in [1.29, 1.82) is 0 Å². The Hall–Kier alpha value is -2.29. The molecular formula is C17H20N2O. The number of hydrogen-bond donors (Lipinski definition) is 2. The first kappa shape index (κ1) is 14.1. The monoisotopic (exact) mass is 268 g/mol. The van der Waals surface area contributed by atoms with Gasteiger partial charge in [-0.05, 0) is 43.5 Å². The van der Waals surface area contributed by atoms with Gasteiger partial charge in [-0.3, -0.25) is 4.79 Å². The van der Waals surface area contributed by atoms with Gasteiger partial charge in [0.15, 0.2) is 0 Å². The second-order valence-corrected chi connectivity index (χ2v) is 5.18. The van der Waals surface area contributed by atoms with E-state index in [9.17, 15) is 4.79 Å². The van der Waals surface area contributed by atoms with Crippen molar-refractivity contribution in [3.05, 3.63) is 58.7 Å². The Morgan fingerprint density at radius 3 is 2.35 bits per heavy atom. The highest BCUT2D eigenvalue weighted by atomic mass is 16.1. The zero-order valence-corrected chi connectivity index (χ0v) is 12.2. The molecule has 0 radical (unpaired) electrons. The van der Waals surface area contributed by atoms with Crippen LogP contribution in [0.2, 0.25) is 0 Å². The molecule has 2 aromatic rings. The van der Waals surface area contributed by atoms with Gasteiger partial charge in [-0.2, -0.15) is 0 Å². The van der Waals surface area contributed by atoms with Crippen molar-refractivity contribution < 1.29 is 4.79 Å². The molecule has 0 fully saturated rings. The fraction of sp³-hybridized carbons (Fsp3) is 0.235. The molecule has 0 bridgehead atoms. The van der Waals surface area contributed by atoms with Crippen LogP contribution in [0.15, 0.2) is 36.4 Å². The predicted octanol–water partition coefficient (Wildman–Crippen LogP) is 3.38. The Morgan fingerprint density at radius 2 is 1.70 bits per heavy atom. The minimum absolute atomic E-state index is 0.0470. The van der Waals surface area contributed by atoms with Gasteiger partial charge in [-0.15, -0.1) is 0 Å². The molecule has 0 saturated carbocycles. The number of benzene rings is 2. The smallest absolute Gasteiger partial charge is 0.228 e. The molecule has 20 heavy (non-hydrogen) atoms. The average Bonchev–Trinajstić information content (AvgIpc) is 2.42. The molecule has 0 unspecified atom stereocenters. The maximum atomic E-state index is 12.1. The summed E-state index contributed by atoms with van der Waals surface area (Å²) in [7, 11) is 0. The van der Waals surface area contributed by atoms with Crippen LogP contribution in [-0.4, -0.2) is 5.91 Å². The summed E-state index contributed by atoms with van der Waals surface area (Å²) >= 11 is 0. The molecule has 0 aliphatic carbocycles. The van der Waals surface area contributed by atoms with Crippen LogP contribution in [-0.2, 0) is 11.2 Å². The number of aryl methyl sites for hydroxylation is 2. The molecule has 104 valence electrons. The van der Waals surface area contributed by atoms with Gasteiger partial charge in [0, 0.05) is 0 Å². The lowest BCUT2D eigenvalue weighted by molar-refractivity contribution is -0.115. The molecular weight excluding hydrogens is 248 g/mol. The Morgan fingerprint density at radius 1 is 1.05 bits per heavy atom. The average molecular weight is 268 g/mol. The summed E-state index contributed by atoms with van der Waals surface area (Å²) in [6, 6.07) is 11.7. The van der Waals surface area contributed by atoms with Crippen molar-refractivity contribution in [2.75, 3.05) is 11.1 Å². The number of hydrogen-bond acceptors (Lipinski definition) is 2. The third-order valence-corrected chi connectivity index (χ3v) is 3.52. The molecule has 3 nitrogen and oxygen atoms in total. The molecule has 0 aromatic heterocycles. The van der Waals surface area contributed by atoms with E-state index in [0.717, 1.165) is 22.4 Å². The van der Waals surface area contributed by atoms with E-state index >= 15 is 0 Å². The third-order valence-electron chi connectivity index (χ3n) is 3.52.